The van der Waals surface area contributed by atoms with Crippen LogP contribution in [0.15, 0.2) is 24.4 Å². The average molecular weight is 247 g/mol. The Kier molecular flexibility index (Phi) is 5.66. The topological polar surface area (TPSA) is 33.1 Å². The van der Waals surface area contributed by atoms with Crippen LogP contribution in [-0.2, 0) is 0 Å². The van der Waals surface area contributed by atoms with Crippen molar-refractivity contribution >= 4 is 0 Å². The molecule has 2 rings (SSSR count). The Bertz CT molecular complexity index is 319. The van der Waals surface area contributed by atoms with Gasteiger partial charge in [0.05, 0.1) is 0 Å². The van der Waals surface area contributed by atoms with E-state index in [4.69, 9.17) is 0 Å². The molecule has 100 valence electrons. The summed E-state index contributed by atoms with van der Waals surface area (Å²) in [7, 11) is 0. The van der Waals surface area contributed by atoms with E-state index in [-0.39, 0.29) is 6.61 Å². The van der Waals surface area contributed by atoms with Gasteiger partial charge in [0.2, 0.25) is 0 Å². The van der Waals surface area contributed by atoms with E-state index < -0.39 is 0 Å². The maximum atomic E-state index is 9.21. The number of pyridine rings is 1. The molecule has 0 spiro atoms. The summed E-state index contributed by atoms with van der Waals surface area (Å²) < 4.78 is 0. The molecule has 1 unspecified atom stereocenters. The zero-order valence-electron chi connectivity index (χ0n) is 11.2. The van der Waals surface area contributed by atoms with E-state index in [1.165, 1.54) is 44.9 Å². The Labute approximate surface area is 110 Å². The summed E-state index contributed by atoms with van der Waals surface area (Å²) in [5.41, 5.74) is 1.15. The lowest BCUT2D eigenvalue weighted by Gasteiger charge is -2.23. The van der Waals surface area contributed by atoms with E-state index in [0.717, 1.165) is 18.0 Å². The third-order valence-corrected chi connectivity index (χ3v) is 4.23. The molecule has 0 saturated heterocycles. The predicted molar refractivity (Wildman–Crippen MR) is 74.5 cm³/mol. The Morgan fingerprint density at radius 3 is 2.67 bits per heavy atom. The highest BCUT2D eigenvalue weighted by Crippen LogP contribution is 2.31. The second-order valence-corrected chi connectivity index (χ2v) is 5.55. The van der Waals surface area contributed by atoms with Crippen LogP contribution in [0, 0.1) is 5.92 Å². The second kappa shape index (κ2) is 7.52. The lowest BCUT2D eigenvalue weighted by molar-refractivity contribution is 0.260. The minimum absolute atomic E-state index is 0.270. The van der Waals surface area contributed by atoms with Crippen LogP contribution in [0.25, 0.3) is 0 Å². The Morgan fingerprint density at radius 2 is 2.00 bits per heavy atom. The van der Waals surface area contributed by atoms with Crippen molar-refractivity contribution in [3.05, 3.63) is 30.1 Å². The van der Waals surface area contributed by atoms with E-state index in [9.17, 15) is 5.11 Å². The van der Waals surface area contributed by atoms with Crippen molar-refractivity contribution in [3.63, 3.8) is 0 Å². The minimum atomic E-state index is 0.270. The molecule has 0 bridgehead atoms. The van der Waals surface area contributed by atoms with E-state index in [1.807, 2.05) is 18.3 Å². The van der Waals surface area contributed by atoms with Crippen LogP contribution in [0.3, 0.4) is 0 Å². The third-order valence-electron chi connectivity index (χ3n) is 4.23. The average Bonchev–Trinajstić information content (AvgIpc) is 2.45. The largest absolute Gasteiger partial charge is 0.396 e. The lowest BCUT2D eigenvalue weighted by atomic mass is 9.83. The summed E-state index contributed by atoms with van der Waals surface area (Å²) >= 11 is 0. The first-order chi connectivity index (χ1) is 8.90. The van der Waals surface area contributed by atoms with Crippen LogP contribution in [0.1, 0.15) is 63.0 Å². The highest BCUT2D eigenvalue weighted by Gasteiger charge is 2.17. The Balaban J connectivity index is 1.86. The van der Waals surface area contributed by atoms with Gasteiger partial charge in [-0.1, -0.05) is 38.2 Å². The summed E-state index contributed by atoms with van der Waals surface area (Å²) in [5.74, 6) is 1.36. The minimum Gasteiger partial charge on any atom is -0.396 e. The molecule has 1 fully saturated rings. The first kappa shape index (κ1) is 13.5. The standard InChI is InChI=1S/C16H25NO/c18-13-11-15(16-8-4-5-12-17-16)10-9-14-6-2-1-3-7-14/h4-5,8,12,14-15,18H,1-3,6-7,9-11,13H2. The Hall–Kier alpha value is -0.890. The quantitative estimate of drug-likeness (QED) is 0.826. The number of aliphatic hydroxyl groups excluding tert-OH is 1. The van der Waals surface area contributed by atoms with Crippen LogP contribution in [0.4, 0.5) is 0 Å². The number of nitrogens with zero attached hydrogens (tertiary/aromatic N) is 1. The highest BCUT2D eigenvalue weighted by atomic mass is 16.3. The van der Waals surface area contributed by atoms with Crippen LogP contribution in [0.2, 0.25) is 0 Å². The molecule has 0 aromatic carbocycles. The zero-order chi connectivity index (χ0) is 12.6. The summed E-state index contributed by atoms with van der Waals surface area (Å²) in [6, 6.07) is 6.11. The molecule has 1 aliphatic carbocycles. The van der Waals surface area contributed by atoms with E-state index in [2.05, 4.69) is 11.1 Å². The molecule has 1 heterocycles. The summed E-state index contributed by atoms with van der Waals surface area (Å²) in [6.45, 7) is 0.270. The van der Waals surface area contributed by atoms with E-state index in [0.29, 0.717) is 5.92 Å². The summed E-state index contributed by atoms with van der Waals surface area (Å²) in [5, 5.41) is 9.21. The maximum Gasteiger partial charge on any atom is 0.0437 e. The van der Waals surface area contributed by atoms with Gasteiger partial charge in [-0.3, -0.25) is 4.98 Å². The van der Waals surface area contributed by atoms with Gasteiger partial charge in [0.1, 0.15) is 0 Å². The zero-order valence-corrected chi connectivity index (χ0v) is 11.2. The fraction of sp³-hybridized carbons (Fsp3) is 0.688. The molecule has 2 heteroatoms. The first-order valence-corrected chi connectivity index (χ1v) is 7.42. The number of aliphatic hydroxyl groups is 1. The van der Waals surface area contributed by atoms with E-state index >= 15 is 0 Å². The van der Waals surface area contributed by atoms with Gasteiger partial charge < -0.3 is 5.11 Å². The van der Waals surface area contributed by atoms with Gasteiger partial charge in [0.25, 0.3) is 0 Å². The normalized spacial score (nSPS) is 18.7. The summed E-state index contributed by atoms with van der Waals surface area (Å²) in [6.07, 6.45) is 12.3. The smallest absolute Gasteiger partial charge is 0.0437 e. The van der Waals surface area contributed by atoms with Gasteiger partial charge >= 0.3 is 0 Å². The van der Waals surface area contributed by atoms with Crippen molar-refractivity contribution in [1.29, 1.82) is 0 Å². The van der Waals surface area contributed by atoms with Crippen LogP contribution in [0.5, 0.6) is 0 Å². The van der Waals surface area contributed by atoms with Crippen LogP contribution in [-0.4, -0.2) is 16.7 Å². The fourth-order valence-corrected chi connectivity index (χ4v) is 3.13. The Morgan fingerprint density at radius 1 is 1.17 bits per heavy atom. The van der Waals surface area contributed by atoms with Gasteiger partial charge in [-0.05, 0) is 37.3 Å². The maximum absolute atomic E-state index is 9.21. The van der Waals surface area contributed by atoms with Gasteiger partial charge in [0, 0.05) is 24.4 Å². The summed E-state index contributed by atoms with van der Waals surface area (Å²) in [4.78, 5) is 4.45. The SMILES string of the molecule is OCCC(CCC1CCCCC1)c1ccccn1. The molecular formula is C16H25NO. The van der Waals surface area contributed by atoms with Crippen molar-refractivity contribution in [2.75, 3.05) is 6.61 Å². The van der Waals surface area contributed by atoms with Gasteiger partial charge in [0.15, 0.2) is 0 Å². The molecule has 0 radical (unpaired) electrons. The fourth-order valence-electron chi connectivity index (χ4n) is 3.13. The van der Waals surface area contributed by atoms with Gasteiger partial charge in [-0.25, -0.2) is 0 Å². The lowest BCUT2D eigenvalue weighted by Crippen LogP contribution is -2.10. The van der Waals surface area contributed by atoms with Crippen molar-refractivity contribution in [2.24, 2.45) is 5.92 Å². The molecule has 1 aromatic rings. The monoisotopic (exact) mass is 247 g/mol. The highest BCUT2D eigenvalue weighted by molar-refractivity contribution is 5.09. The third kappa shape index (κ3) is 4.09. The van der Waals surface area contributed by atoms with Crippen molar-refractivity contribution in [1.82, 2.24) is 4.98 Å². The van der Waals surface area contributed by atoms with Crippen molar-refractivity contribution < 1.29 is 5.11 Å². The second-order valence-electron chi connectivity index (χ2n) is 5.55. The number of hydrogen-bond donors (Lipinski definition) is 1. The van der Waals surface area contributed by atoms with Gasteiger partial charge in [-0.15, -0.1) is 0 Å². The number of hydrogen-bond acceptors (Lipinski definition) is 2. The molecule has 1 saturated carbocycles. The molecule has 1 atom stereocenters. The molecule has 1 aromatic heterocycles. The number of aromatic nitrogens is 1. The number of rotatable bonds is 6. The molecule has 0 amide bonds. The molecule has 18 heavy (non-hydrogen) atoms. The molecular weight excluding hydrogens is 222 g/mol. The van der Waals surface area contributed by atoms with Crippen LogP contribution < -0.4 is 0 Å². The predicted octanol–water partition coefficient (Wildman–Crippen LogP) is 3.91. The van der Waals surface area contributed by atoms with Gasteiger partial charge in [-0.2, -0.15) is 0 Å². The van der Waals surface area contributed by atoms with E-state index in [1.54, 1.807) is 0 Å². The van der Waals surface area contributed by atoms with Crippen molar-refractivity contribution in [3.8, 4) is 0 Å². The molecule has 2 nitrogen and oxygen atoms in total. The molecule has 1 aliphatic rings. The van der Waals surface area contributed by atoms with Crippen LogP contribution >= 0.6 is 0 Å². The molecule has 1 N–H and O–H groups in total. The molecule has 0 aliphatic heterocycles. The van der Waals surface area contributed by atoms with Crippen molar-refractivity contribution in [2.45, 2.75) is 57.3 Å². The first-order valence-electron chi connectivity index (χ1n) is 7.42.